The van der Waals surface area contributed by atoms with E-state index in [0.717, 1.165) is 27.2 Å². The van der Waals surface area contributed by atoms with Crippen LogP contribution in [0.15, 0.2) is 65.3 Å². The molecule has 110 valence electrons. The fourth-order valence-corrected chi connectivity index (χ4v) is 2.50. The first kappa shape index (κ1) is 14.7. The van der Waals surface area contributed by atoms with Crippen molar-refractivity contribution >= 4 is 15.9 Å². The third-order valence-electron chi connectivity index (χ3n) is 3.11. The van der Waals surface area contributed by atoms with E-state index in [0.29, 0.717) is 5.75 Å². The van der Waals surface area contributed by atoms with Gasteiger partial charge in [0.2, 0.25) is 0 Å². The summed E-state index contributed by atoms with van der Waals surface area (Å²) >= 11 is 3.37. The van der Waals surface area contributed by atoms with Gasteiger partial charge in [-0.25, -0.2) is 9.97 Å². The van der Waals surface area contributed by atoms with Crippen LogP contribution in [0.1, 0.15) is 0 Å². The van der Waals surface area contributed by atoms with Crippen molar-refractivity contribution in [3.63, 3.8) is 0 Å². The summed E-state index contributed by atoms with van der Waals surface area (Å²) in [7, 11) is 0. The van der Waals surface area contributed by atoms with E-state index in [4.69, 9.17) is 9.84 Å². The topological polar surface area (TPSA) is 55.2 Å². The van der Waals surface area contributed by atoms with E-state index in [1.165, 1.54) is 0 Å². The van der Waals surface area contributed by atoms with Gasteiger partial charge in [0.25, 0.3) is 0 Å². The zero-order valence-electron chi connectivity index (χ0n) is 11.6. The van der Waals surface area contributed by atoms with Gasteiger partial charge in [0.1, 0.15) is 10.4 Å². The molecule has 4 nitrogen and oxygen atoms in total. The third kappa shape index (κ3) is 3.16. The Morgan fingerprint density at radius 3 is 2.27 bits per heavy atom. The summed E-state index contributed by atoms with van der Waals surface area (Å²) in [6, 6.07) is 18.9. The Morgan fingerprint density at radius 1 is 0.818 bits per heavy atom. The number of halogens is 1. The molecule has 0 amide bonds. The van der Waals surface area contributed by atoms with Gasteiger partial charge in [-0.2, -0.15) is 0 Å². The number of nitrogens with zero attached hydrogens (tertiary/aromatic N) is 2. The Balaban J connectivity index is 2.05. The molecule has 2 heterocycles. The van der Waals surface area contributed by atoms with Crippen LogP contribution >= 0.6 is 15.9 Å². The molecular formula is C17H13BrN2O2. The zero-order chi connectivity index (χ0) is 15.4. The molecule has 0 spiro atoms. The quantitative estimate of drug-likeness (QED) is 0.568. The van der Waals surface area contributed by atoms with Gasteiger partial charge in [-0.15, -0.1) is 0 Å². The Labute approximate surface area is 136 Å². The van der Waals surface area contributed by atoms with Gasteiger partial charge >= 0.3 is 0 Å². The van der Waals surface area contributed by atoms with E-state index < -0.39 is 0 Å². The minimum absolute atomic E-state index is 0.371. The lowest BCUT2D eigenvalue weighted by Gasteiger charge is -2.10. The molecule has 0 bridgehead atoms. The molecule has 0 unspecified atom stereocenters. The van der Waals surface area contributed by atoms with Crippen molar-refractivity contribution < 1.29 is 9.84 Å². The average molecular weight is 357 g/mol. The molecule has 0 saturated heterocycles. The SMILES string of the molecule is OCOc1ccccc1-c1cccc(-c2cccc(Br)n2)n1. The Hall–Kier alpha value is -2.24. The second-order valence-electron chi connectivity index (χ2n) is 4.52. The summed E-state index contributed by atoms with van der Waals surface area (Å²) in [6.07, 6.45) is 0. The van der Waals surface area contributed by atoms with Crippen molar-refractivity contribution in [1.29, 1.82) is 0 Å². The summed E-state index contributed by atoms with van der Waals surface area (Å²) in [5.41, 5.74) is 3.16. The van der Waals surface area contributed by atoms with Crippen LogP contribution in [0.2, 0.25) is 0 Å². The number of rotatable bonds is 4. The minimum Gasteiger partial charge on any atom is -0.467 e. The third-order valence-corrected chi connectivity index (χ3v) is 3.55. The molecule has 0 aliphatic heterocycles. The molecule has 1 N–H and O–H groups in total. The van der Waals surface area contributed by atoms with Crippen LogP contribution in [0.3, 0.4) is 0 Å². The lowest BCUT2D eigenvalue weighted by molar-refractivity contribution is 0.0990. The average Bonchev–Trinajstić information content (AvgIpc) is 2.56. The van der Waals surface area contributed by atoms with E-state index in [9.17, 15) is 0 Å². The van der Waals surface area contributed by atoms with E-state index in [1.54, 1.807) is 6.07 Å². The number of hydrogen-bond acceptors (Lipinski definition) is 4. The van der Waals surface area contributed by atoms with Crippen molar-refractivity contribution in [2.45, 2.75) is 0 Å². The van der Waals surface area contributed by atoms with Crippen LogP contribution in [-0.2, 0) is 0 Å². The van der Waals surface area contributed by atoms with Crippen molar-refractivity contribution in [3.05, 3.63) is 65.3 Å². The van der Waals surface area contributed by atoms with Crippen molar-refractivity contribution in [1.82, 2.24) is 9.97 Å². The highest BCUT2D eigenvalue weighted by Gasteiger charge is 2.09. The first-order chi connectivity index (χ1) is 10.8. The second kappa shape index (κ2) is 6.68. The van der Waals surface area contributed by atoms with Crippen molar-refractivity contribution in [3.8, 4) is 28.4 Å². The number of aliphatic hydroxyl groups is 1. The second-order valence-corrected chi connectivity index (χ2v) is 5.34. The minimum atomic E-state index is -0.371. The standard InChI is InChI=1S/C17H13BrN2O2/c18-17-10-4-8-15(20-17)14-7-3-6-13(19-14)12-5-1-2-9-16(12)22-11-21/h1-10,21H,11H2. The van der Waals surface area contributed by atoms with E-state index in [-0.39, 0.29) is 6.79 Å². The molecule has 0 saturated carbocycles. The van der Waals surface area contributed by atoms with Gasteiger partial charge in [-0.1, -0.05) is 24.3 Å². The molecule has 22 heavy (non-hydrogen) atoms. The molecule has 0 aliphatic carbocycles. The van der Waals surface area contributed by atoms with Crippen molar-refractivity contribution in [2.75, 3.05) is 6.79 Å². The molecule has 3 aromatic rings. The summed E-state index contributed by atoms with van der Waals surface area (Å²) in [4.78, 5) is 9.07. The zero-order valence-corrected chi connectivity index (χ0v) is 13.2. The summed E-state index contributed by atoms with van der Waals surface area (Å²) in [6.45, 7) is -0.371. The van der Waals surface area contributed by atoms with E-state index in [1.807, 2.05) is 54.6 Å². The molecule has 0 fully saturated rings. The first-order valence-corrected chi connectivity index (χ1v) is 7.50. The Bertz CT molecular complexity index is 793. The van der Waals surface area contributed by atoms with E-state index >= 15 is 0 Å². The fraction of sp³-hybridized carbons (Fsp3) is 0.0588. The van der Waals surface area contributed by atoms with E-state index in [2.05, 4.69) is 25.9 Å². The molecule has 5 heteroatoms. The highest BCUT2D eigenvalue weighted by molar-refractivity contribution is 9.10. The van der Waals surface area contributed by atoms with Crippen LogP contribution < -0.4 is 4.74 Å². The molecule has 0 atom stereocenters. The largest absolute Gasteiger partial charge is 0.467 e. The Kier molecular flexibility index (Phi) is 4.46. The van der Waals surface area contributed by atoms with Crippen LogP contribution in [0.5, 0.6) is 5.75 Å². The van der Waals surface area contributed by atoms with Gasteiger partial charge in [-0.05, 0) is 52.3 Å². The fourth-order valence-electron chi connectivity index (χ4n) is 2.15. The number of pyridine rings is 2. The molecule has 3 rings (SSSR count). The normalized spacial score (nSPS) is 10.5. The number of benzene rings is 1. The van der Waals surface area contributed by atoms with Gasteiger partial charge < -0.3 is 9.84 Å². The van der Waals surface area contributed by atoms with Gasteiger partial charge in [0.05, 0.1) is 17.1 Å². The molecular weight excluding hydrogens is 344 g/mol. The maximum Gasteiger partial charge on any atom is 0.186 e. The first-order valence-electron chi connectivity index (χ1n) is 6.71. The predicted molar refractivity (Wildman–Crippen MR) is 88.3 cm³/mol. The number of ether oxygens (including phenoxy) is 1. The van der Waals surface area contributed by atoms with Crippen LogP contribution in [0.25, 0.3) is 22.6 Å². The highest BCUT2D eigenvalue weighted by atomic mass is 79.9. The van der Waals surface area contributed by atoms with Crippen LogP contribution in [-0.4, -0.2) is 21.9 Å². The number of para-hydroxylation sites is 1. The Morgan fingerprint density at radius 2 is 1.50 bits per heavy atom. The number of aromatic nitrogens is 2. The maximum atomic E-state index is 9.00. The number of aliphatic hydroxyl groups excluding tert-OH is 1. The van der Waals surface area contributed by atoms with Gasteiger partial charge in [0, 0.05) is 5.56 Å². The lowest BCUT2D eigenvalue weighted by Crippen LogP contribution is -1.97. The smallest absolute Gasteiger partial charge is 0.186 e. The molecule has 0 radical (unpaired) electrons. The molecule has 1 aromatic carbocycles. The van der Waals surface area contributed by atoms with Gasteiger partial charge in [0.15, 0.2) is 6.79 Å². The number of hydrogen-bond donors (Lipinski definition) is 1. The van der Waals surface area contributed by atoms with Crippen LogP contribution in [0.4, 0.5) is 0 Å². The highest BCUT2D eigenvalue weighted by Crippen LogP contribution is 2.29. The summed E-state index contributed by atoms with van der Waals surface area (Å²) in [5.74, 6) is 0.594. The lowest BCUT2D eigenvalue weighted by atomic mass is 10.1. The molecule has 0 aliphatic rings. The maximum absolute atomic E-state index is 9.00. The summed E-state index contributed by atoms with van der Waals surface area (Å²) < 4.78 is 6.01. The monoisotopic (exact) mass is 356 g/mol. The van der Waals surface area contributed by atoms with Crippen molar-refractivity contribution in [2.24, 2.45) is 0 Å². The summed E-state index contributed by atoms with van der Waals surface area (Å²) in [5, 5.41) is 9.00. The van der Waals surface area contributed by atoms with Crippen LogP contribution in [0, 0.1) is 0 Å². The van der Waals surface area contributed by atoms with Gasteiger partial charge in [-0.3, -0.25) is 0 Å². The molecule has 2 aromatic heterocycles. The predicted octanol–water partition coefficient (Wildman–Crippen LogP) is 3.90.